The molecule has 1 aromatic heterocycles. The summed E-state index contributed by atoms with van der Waals surface area (Å²) in [5.74, 6) is 0. The summed E-state index contributed by atoms with van der Waals surface area (Å²) in [5.41, 5.74) is 4.12. The Labute approximate surface area is 168 Å². The van der Waals surface area contributed by atoms with E-state index in [1.54, 1.807) is 11.8 Å². The minimum atomic E-state index is 0.786. The van der Waals surface area contributed by atoms with Gasteiger partial charge >= 0.3 is 0 Å². The molecule has 1 heterocycles. The van der Waals surface area contributed by atoms with E-state index in [-0.39, 0.29) is 0 Å². The molecule has 0 radical (unpaired) electrons. The molecule has 0 aliphatic heterocycles. The lowest BCUT2D eigenvalue weighted by Gasteiger charge is -2.09. The van der Waals surface area contributed by atoms with Gasteiger partial charge in [0, 0.05) is 11.1 Å². The molecule has 0 N–H and O–H groups in total. The number of benzene rings is 4. The minimum Gasteiger partial charge on any atom is -0.222 e. The van der Waals surface area contributed by atoms with Crippen LogP contribution in [0.4, 0.5) is 0 Å². The third-order valence-corrected chi connectivity index (χ3v) is 5.53. The molecular weight excluding hydrogens is 360 g/mol. The summed E-state index contributed by atoms with van der Waals surface area (Å²) < 4.78 is 0. The summed E-state index contributed by atoms with van der Waals surface area (Å²) in [5, 5.41) is 5.70. The number of hydrogen-bond donors (Lipinski definition) is 0. The van der Waals surface area contributed by atoms with Gasteiger partial charge in [-0.05, 0) is 46.0 Å². The van der Waals surface area contributed by atoms with Gasteiger partial charge in [0.25, 0.3) is 0 Å². The molecule has 0 fully saturated rings. The van der Waals surface area contributed by atoms with E-state index < -0.39 is 0 Å². The fraction of sp³-hybridized carbons (Fsp3) is 0.0400. The van der Waals surface area contributed by atoms with Crippen molar-refractivity contribution in [2.45, 2.75) is 5.16 Å². The highest BCUT2D eigenvalue weighted by molar-refractivity contribution is 7.98. The van der Waals surface area contributed by atoms with E-state index in [9.17, 15) is 0 Å². The summed E-state index contributed by atoms with van der Waals surface area (Å²) >= 11 is 1.57. The van der Waals surface area contributed by atoms with Crippen LogP contribution < -0.4 is 0 Å². The molecule has 5 aromatic rings. The molecular formula is C25H18N2S. The Morgan fingerprint density at radius 3 is 1.46 bits per heavy atom. The normalized spacial score (nSPS) is 11.2. The third-order valence-electron chi connectivity index (χ3n) is 4.98. The second-order valence-electron chi connectivity index (χ2n) is 6.75. The summed E-state index contributed by atoms with van der Waals surface area (Å²) in [6.45, 7) is 0. The fourth-order valence-electron chi connectivity index (χ4n) is 3.51. The molecule has 2 nitrogen and oxygen atoms in total. The average Bonchev–Trinajstić information content (AvgIpc) is 2.78. The first-order chi connectivity index (χ1) is 13.8. The second kappa shape index (κ2) is 7.10. The van der Waals surface area contributed by atoms with Crippen LogP contribution in [-0.4, -0.2) is 16.2 Å². The first-order valence-electron chi connectivity index (χ1n) is 9.21. The van der Waals surface area contributed by atoms with Crippen molar-refractivity contribution in [2.75, 3.05) is 6.26 Å². The van der Waals surface area contributed by atoms with Gasteiger partial charge in [-0.1, -0.05) is 84.6 Å². The third kappa shape index (κ3) is 3.14. The Morgan fingerprint density at radius 1 is 0.536 bits per heavy atom. The van der Waals surface area contributed by atoms with Gasteiger partial charge in [-0.3, -0.25) is 0 Å². The Balaban J connectivity index is 1.66. The van der Waals surface area contributed by atoms with Crippen molar-refractivity contribution in [3.05, 3.63) is 91.0 Å². The van der Waals surface area contributed by atoms with Gasteiger partial charge in [-0.15, -0.1) is 0 Å². The molecule has 28 heavy (non-hydrogen) atoms. The van der Waals surface area contributed by atoms with Crippen LogP contribution in [0.25, 0.3) is 44.1 Å². The molecule has 0 spiro atoms. The van der Waals surface area contributed by atoms with Crippen LogP contribution in [-0.2, 0) is 0 Å². The zero-order valence-corrected chi connectivity index (χ0v) is 16.3. The number of aromatic nitrogens is 2. The lowest BCUT2D eigenvalue weighted by Crippen LogP contribution is -1.94. The lowest BCUT2D eigenvalue weighted by molar-refractivity contribution is 0.982. The predicted molar refractivity (Wildman–Crippen MR) is 120 cm³/mol. The van der Waals surface area contributed by atoms with Crippen molar-refractivity contribution >= 4 is 33.3 Å². The molecule has 0 saturated carbocycles. The van der Waals surface area contributed by atoms with Crippen molar-refractivity contribution in [1.29, 1.82) is 0 Å². The van der Waals surface area contributed by atoms with Crippen LogP contribution in [0.15, 0.2) is 96.2 Å². The smallest absolute Gasteiger partial charge is 0.188 e. The number of rotatable bonds is 3. The molecule has 0 bridgehead atoms. The first kappa shape index (κ1) is 17.0. The Kier molecular flexibility index (Phi) is 4.30. The number of hydrogen-bond acceptors (Lipinski definition) is 3. The molecule has 0 aliphatic carbocycles. The monoisotopic (exact) mass is 378 g/mol. The van der Waals surface area contributed by atoms with E-state index in [4.69, 9.17) is 9.97 Å². The minimum absolute atomic E-state index is 0.786. The van der Waals surface area contributed by atoms with Crippen molar-refractivity contribution in [1.82, 2.24) is 9.97 Å². The highest BCUT2D eigenvalue weighted by Gasteiger charge is 2.09. The number of fused-ring (bicyclic) bond motifs is 2. The molecule has 0 atom stereocenters. The maximum absolute atomic E-state index is 4.77. The SMILES string of the molecule is CSc1nc(-c2ccc3ccccc3c2)cc(-c2ccc3ccccc3c2)n1. The number of nitrogens with zero attached hydrogens (tertiary/aromatic N) is 2. The lowest BCUT2D eigenvalue weighted by atomic mass is 10.0. The topological polar surface area (TPSA) is 25.8 Å². The maximum atomic E-state index is 4.77. The van der Waals surface area contributed by atoms with Gasteiger partial charge in [-0.25, -0.2) is 9.97 Å². The average molecular weight is 379 g/mol. The van der Waals surface area contributed by atoms with Gasteiger partial charge in [-0.2, -0.15) is 0 Å². The molecule has 3 heteroatoms. The molecule has 5 rings (SSSR count). The van der Waals surface area contributed by atoms with Crippen LogP contribution in [0.5, 0.6) is 0 Å². The summed E-state index contributed by atoms with van der Waals surface area (Å²) in [6.07, 6.45) is 2.02. The Hall–Kier alpha value is -3.17. The van der Waals surface area contributed by atoms with Crippen molar-refractivity contribution in [3.8, 4) is 22.5 Å². The molecule has 4 aromatic carbocycles. The van der Waals surface area contributed by atoms with Gasteiger partial charge in [0.15, 0.2) is 5.16 Å². The van der Waals surface area contributed by atoms with Crippen molar-refractivity contribution in [3.63, 3.8) is 0 Å². The standard InChI is InChI=1S/C25H18N2S/c1-28-25-26-23(21-12-10-17-6-2-4-8-19(17)14-21)16-24(27-25)22-13-11-18-7-3-5-9-20(18)15-22/h2-16H,1H3. The summed E-state index contributed by atoms with van der Waals surface area (Å²) in [7, 11) is 0. The predicted octanol–water partition coefficient (Wildman–Crippen LogP) is 6.84. The molecule has 0 saturated heterocycles. The summed E-state index contributed by atoms with van der Waals surface area (Å²) in [4.78, 5) is 9.54. The van der Waals surface area contributed by atoms with E-state index in [1.165, 1.54) is 21.5 Å². The van der Waals surface area contributed by atoms with Crippen molar-refractivity contribution in [2.24, 2.45) is 0 Å². The van der Waals surface area contributed by atoms with Gasteiger partial charge in [0.2, 0.25) is 0 Å². The van der Waals surface area contributed by atoms with E-state index in [0.717, 1.165) is 27.7 Å². The quantitative estimate of drug-likeness (QED) is 0.254. The molecule has 0 amide bonds. The van der Waals surface area contributed by atoms with E-state index in [1.807, 2.05) is 6.26 Å². The Morgan fingerprint density at radius 2 is 1.00 bits per heavy atom. The van der Waals surface area contributed by atoms with Crippen LogP contribution in [0.2, 0.25) is 0 Å². The highest BCUT2D eigenvalue weighted by Crippen LogP contribution is 2.30. The zero-order valence-electron chi connectivity index (χ0n) is 15.5. The van der Waals surface area contributed by atoms with Crippen molar-refractivity contribution < 1.29 is 0 Å². The first-order valence-corrected chi connectivity index (χ1v) is 10.4. The number of thioether (sulfide) groups is 1. The molecule has 0 unspecified atom stereocenters. The second-order valence-corrected chi connectivity index (χ2v) is 7.52. The zero-order chi connectivity index (χ0) is 18.9. The fourth-order valence-corrected chi connectivity index (χ4v) is 3.89. The van der Waals surface area contributed by atoms with Gasteiger partial charge in [0.05, 0.1) is 11.4 Å². The van der Waals surface area contributed by atoms with Crippen LogP contribution in [0.3, 0.4) is 0 Å². The van der Waals surface area contributed by atoms with E-state index >= 15 is 0 Å². The van der Waals surface area contributed by atoms with Crippen LogP contribution >= 0.6 is 11.8 Å². The van der Waals surface area contributed by atoms with Crippen LogP contribution in [0, 0.1) is 0 Å². The van der Waals surface area contributed by atoms with E-state index in [0.29, 0.717) is 0 Å². The molecule has 0 aliphatic rings. The van der Waals surface area contributed by atoms with E-state index in [2.05, 4.69) is 91.0 Å². The largest absolute Gasteiger partial charge is 0.222 e. The summed E-state index contributed by atoms with van der Waals surface area (Å²) in [6, 6.07) is 31.9. The van der Waals surface area contributed by atoms with Gasteiger partial charge < -0.3 is 0 Å². The van der Waals surface area contributed by atoms with Gasteiger partial charge in [0.1, 0.15) is 0 Å². The highest BCUT2D eigenvalue weighted by atomic mass is 32.2. The Bertz CT molecular complexity index is 1210. The molecule has 134 valence electrons. The van der Waals surface area contributed by atoms with Crippen LogP contribution in [0.1, 0.15) is 0 Å². The maximum Gasteiger partial charge on any atom is 0.188 e.